The first-order valence-electron chi connectivity index (χ1n) is 5.74. The number of pyridine rings is 1. The Bertz CT molecular complexity index is 581. The smallest absolute Gasteiger partial charge is 0.189 e. The number of nitrogens with one attached hydrogen (secondary N) is 1. The van der Waals surface area contributed by atoms with Crippen LogP contribution in [0.4, 0.5) is 0 Å². The average molecular weight is 277 g/mol. The predicted octanol–water partition coefficient (Wildman–Crippen LogP) is 1.23. The number of thiazole rings is 1. The molecule has 0 bridgehead atoms. The van der Waals surface area contributed by atoms with Gasteiger partial charge in [0.1, 0.15) is 10.7 Å². The van der Waals surface area contributed by atoms with Crippen LogP contribution in [0.5, 0.6) is 0 Å². The van der Waals surface area contributed by atoms with E-state index in [1.54, 1.807) is 17.5 Å². The van der Waals surface area contributed by atoms with Gasteiger partial charge >= 0.3 is 0 Å². The van der Waals surface area contributed by atoms with Gasteiger partial charge in [0.2, 0.25) is 0 Å². The van der Waals surface area contributed by atoms with Gasteiger partial charge in [-0.15, -0.1) is 11.3 Å². The molecule has 0 saturated heterocycles. The number of hydrogen-bond acceptors (Lipinski definition) is 6. The minimum Gasteiger partial charge on any atom is -0.409 e. The van der Waals surface area contributed by atoms with Gasteiger partial charge in [-0.2, -0.15) is 0 Å². The average Bonchev–Trinajstić information content (AvgIpc) is 2.84. The van der Waals surface area contributed by atoms with Crippen molar-refractivity contribution in [1.29, 1.82) is 0 Å². The van der Waals surface area contributed by atoms with Crippen LogP contribution in [-0.4, -0.2) is 21.0 Å². The summed E-state index contributed by atoms with van der Waals surface area (Å²) in [5.41, 5.74) is 7.98. The van der Waals surface area contributed by atoms with Crippen LogP contribution in [0, 0.1) is 6.92 Å². The summed E-state index contributed by atoms with van der Waals surface area (Å²) in [4.78, 5) is 8.48. The van der Waals surface area contributed by atoms with Gasteiger partial charge in [0, 0.05) is 30.4 Å². The fourth-order valence-electron chi connectivity index (χ4n) is 1.65. The number of aryl methyl sites for hydroxylation is 1. The normalized spacial score (nSPS) is 11.7. The molecule has 0 aromatic carbocycles. The standard InChI is InChI=1S/C12H15N5OS/c1-8-7-19-10(16-8)6-14-5-9-3-2-4-15-11(9)12(13)17-18/h2-4,7,14,18H,5-6H2,1H3,(H2,13,17). The highest BCUT2D eigenvalue weighted by Crippen LogP contribution is 2.09. The van der Waals surface area contributed by atoms with Crippen molar-refractivity contribution in [2.24, 2.45) is 10.9 Å². The number of aromatic nitrogens is 2. The predicted molar refractivity (Wildman–Crippen MR) is 74.1 cm³/mol. The van der Waals surface area contributed by atoms with Crippen LogP contribution in [0.3, 0.4) is 0 Å². The minimum absolute atomic E-state index is 0.0162. The molecule has 19 heavy (non-hydrogen) atoms. The molecule has 0 radical (unpaired) electrons. The zero-order chi connectivity index (χ0) is 13.7. The van der Waals surface area contributed by atoms with Crippen molar-refractivity contribution in [2.45, 2.75) is 20.0 Å². The highest BCUT2D eigenvalue weighted by molar-refractivity contribution is 7.09. The Morgan fingerprint density at radius 2 is 2.37 bits per heavy atom. The maximum Gasteiger partial charge on any atom is 0.189 e. The molecule has 2 aromatic rings. The molecule has 0 fully saturated rings. The van der Waals surface area contributed by atoms with E-state index in [1.807, 2.05) is 24.4 Å². The molecule has 0 amide bonds. The van der Waals surface area contributed by atoms with Crippen molar-refractivity contribution in [3.05, 3.63) is 45.7 Å². The first-order chi connectivity index (χ1) is 9.20. The van der Waals surface area contributed by atoms with Gasteiger partial charge in [-0.25, -0.2) is 4.98 Å². The third kappa shape index (κ3) is 3.49. The second kappa shape index (κ2) is 6.26. The Kier molecular flexibility index (Phi) is 4.43. The summed E-state index contributed by atoms with van der Waals surface area (Å²) in [5.74, 6) is 0.0162. The first kappa shape index (κ1) is 13.4. The number of nitrogens with two attached hydrogens (primary N) is 1. The summed E-state index contributed by atoms with van der Waals surface area (Å²) < 4.78 is 0. The molecule has 2 heterocycles. The molecule has 0 aliphatic heterocycles. The van der Waals surface area contributed by atoms with Crippen LogP contribution in [0.2, 0.25) is 0 Å². The molecule has 6 nitrogen and oxygen atoms in total. The topological polar surface area (TPSA) is 96.4 Å². The minimum atomic E-state index is 0.0162. The molecule has 4 N–H and O–H groups in total. The van der Waals surface area contributed by atoms with Crippen molar-refractivity contribution < 1.29 is 5.21 Å². The first-order valence-corrected chi connectivity index (χ1v) is 6.62. The van der Waals surface area contributed by atoms with Crippen molar-refractivity contribution in [3.63, 3.8) is 0 Å². The molecule has 0 aliphatic rings. The number of nitrogens with zero attached hydrogens (tertiary/aromatic N) is 3. The van der Waals surface area contributed by atoms with E-state index >= 15 is 0 Å². The van der Waals surface area contributed by atoms with Gasteiger partial charge in [0.15, 0.2) is 5.84 Å². The van der Waals surface area contributed by atoms with Crippen LogP contribution in [0.1, 0.15) is 22.0 Å². The van der Waals surface area contributed by atoms with E-state index < -0.39 is 0 Å². The fourth-order valence-corrected chi connectivity index (χ4v) is 2.39. The zero-order valence-corrected chi connectivity index (χ0v) is 11.3. The molecular weight excluding hydrogens is 262 g/mol. The van der Waals surface area contributed by atoms with E-state index in [9.17, 15) is 0 Å². The van der Waals surface area contributed by atoms with Crippen LogP contribution >= 0.6 is 11.3 Å². The molecule has 100 valence electrons. The Labute approximate surface area is 115 Å². The lowest BCUT2D eigenvalue weighted by atomic mass is 10.2. The van der Waals surface area contributed by atoms with E-state index in [0.29, 0.717) is 18.8 Å². The Morgan fingerprint density at radius 1 is 1.53 bits per heavy atom. The summed E-state index contributed by atoms with van der Waals surface area (Å²) in [6.45, 7) is 3.23. The molecule has 7 heteroatoms. The van der Waals surface area contributed by atoms with E-state index in [2.05, 4.69) is 20.4 Å². The fraction of sp³-hybridized carbons (Fsp3) is 0.250. The summed E-state index contributed by atoms with van der Waals surface area (Å²) in [5, 5.41) is 18.0. The number of oxime groups is 1. The van der Waals surface area contributed by atoms with Crippen molar-refractivity contribution >= 4 is 17.2 Å². The van der Waals surface area contributed by atoms with Crippen molar-refractivity contribution in [3.8, 4) is 0 Å². The van der Waals surface area contributed by atoms with E-state index in [4.69, 9.17) is 10.9 Å². The summed E-state index contributed by atoms with van der Waals surface area (Å²) in [6.07, 6.45) is 1.61. The van der Waals surface area contributed by atoms with Crippen LogP contribution < -0.4 is 11.1 Å². The number of amidine groups is 1. The van der Waals surface area contributed by atoms with Gasteiger partial charge in [-0.05, 0) is 18.6 Å². The molecule has 0 spiro atoms. The SMILES string of the molecule is Cc1csc(CNCc2cccnc2C(N)=NO)n1. The molecule has 2 rings (SSSR count). The third-order valence-corrected chi connectivity index (χ3v) is 3.47. The molecule has 2 aromatic heterocycles. The maximum absolute atomic E-state index is 8.71. The van der Waals surface area contributed by atoms with E-state index in [0.717, 1.165) is 16.3 Å². The molecular formula is C12H15N5OS. The van der Waals surface area contributed by atoms with Gasteiger partial charge in [-0.3, -0.25) is 4.98 Å². The van der Waals surface area contributed by atoms with Gasteiger partial charge in [-0.1, -0.05) is 11.2 Å². The van der Waals surface area contributed by atoms with E-state index in [-0.39, 0.29) is 5.84 Å². The number of hydrogen-bond donors (Lipinski definition) is 3. The number of rotatable bonds is 5. The quantitative estimate of drug-likeness (QED) is 0.330. The van der Waals surface area contributed by atoms with Gasteiger partial charge in [0.05, 0.1) is 0 Å². The summed E-state index contributed by atoms with van der Waals surface area (Å²) in [6, 6.07) is 3.71. The molecule has 0 saturated carbocycles. The highest BCUT2D eigenvalue weighted by Gasteiger charge is 2.08. The van der Waals surface area contributed by atoms with Crippen LogP contribution in [-0.2, 0) is 13.1 Å². The summed E-state index contributed by atoms with van der Waals surface area (Å²) >= 11 is 1.62. The monoisotopic (exact) mass is 277 g/mol. The second-order valence-corrected chi connectivity index (χ2v) is 4.93. The Hall–Kier alpha value is -1.99. The zero-order valence-electron chi connectivity index (χ0n) is 10.5. The van der Waals surface area contributed by atoms with E-state index in [1.165, 1.54) is 0 Å². The van der Waals surface area contributed by atoms with Gasteiger partial charge < -0.3 is 16.3 Å². The van der Waals surface area contributed by atoms with Gasteiger partial charge in [0.25, 0.3) is 0 Å². The lowest BCUT2D eigenvalue weighted by Gasteiger charge is -2.07. The Balaban J connectivity index is 2.00. The van der Waals surface area contributed by atoms with Crippen molar-refractivity contribution in [1.82, 2.24) is 15.3 Å². The Morgan fingerprint density at radius 3 is 3.05 bits per heavy atom. The molecule has 0 atom stereocenters. The lowest BCUT2D eigenvalue weighted by Crippen LogP contribution is -2.21. The lowest BCUT2D eigenvalue weighted by molar-refractivity contribution is 0.318. The maximum atomic E-state index is 8.71. The second-order valence-electron chi connectivity index (χ2n) is 3.98. The van der Waals surface area contributed by atoms with Crippen LogP contribution in [0.25, 0.3) is 0 Å². The summed E-state index contributed by atoms with van der Waals surface area (Å²) in [7, 11) is 0. The van der Waals surface area contributed by atoms with Crippen LogP contribution in [0.15, 0.2) is 28.9 Å². The third-order valence-electron chi connectivity index (χ3n) is 2.50. The molecule has 0 unspecified atom stereocenters. The largest absolute Gasteiger partial charge is 0.409 e. The molecule has 0 aliphatic carbocycles. The highest BCUT2D eigenvalue weighted by atomic mass is 32.1. The van der Waals surface area contributed by atoms with Crippen molar-refractivity contribution in [2.75, 3.05) is 0 Å².